The van der Waals surface area contributed by atoms with Crippen LogP contribution in [0.1, 0.15) is 12.8 Å². The summed E-state index contributed by atoms with van der Waals surface area (Å²) in [6.07, 6.45) is -10.9. The van der Waals surface area contributed by atoms with Gasteiger partial charge >= 0.3 is 12.4 Å². The highest BCUT2D eigenvalue weighted by Gasteiger charge is 2.61. The number of carbonyl (C=O) groups excluding carboxylic acids is 1. The van der Waals surface area contributed by atoms with Crippen LogP contribution in [-0.4, -0.2) is 31.3 Å². The topological polar surface area (TPSA) is 26.3 Å². The number of hydrogen-bond donors (Lipinski definition) is 0. The van der Waals surface area contributed by atoms with Crippen molar-refractivity contribution in [1.29, 1.82) is 0 Å². The summed E-state index contributed by atoms with van der Waals surface area (Å²) in [4.78, 5) is 11.3. The molecule has 1 heterocycles. The molecule has 1 aliphatic heterocycles. The summed E-state index contributed by atoms with van der Waals surface area (Å²) < 4.78 is 78.2. The van der Waals surface area contributed by atoms with Crippen LogP contribution in [0.2, 0.25) is 0 Å². The molecule has 0 aromatic rings. The number of ether oxygens (including phenoxy) is 1. The number of carbonyl (C=O) groups is 1. The third-order valence-corrected chi connectivity index (χ3v) is 2.50. The van der Waals surface area contributed by atoms with Gasteiger partial charge in [0.05, 0.1) is 6.61 Å². The Morgan fingerprint density at radius 1 is 1.12 bits per heavy atom. The monoisotopic (exact) mass is 264 g/mol. The molecule has 2 nitrogen and oxygen atoms in total. The lowest BCUT2D eigenvalue weighted by Crippen LogP contribution is -2.46. The van der Waals surface area contributed by atoms with E-state index < -0.39 is 30.0 Å². The summed E-state index contributed by atoms with van der Waals surface area (Å²) in [5.41, 5.74) is 0. The first-order valence-corrected chi connectivity index (χ1v) is 4.89. The van der Waals surface area contributed by atoms with E-state index in [0.717, 1.165) is 0 Å². The van der Waals surface area contributed by atoms with E-state index in [1.807, 2.05) is 0 Å². The molecular weight excluding hydrogens is 254 g/mol. The molecule has 0 amide bonds. The van der Waals surface area contributed by atoms with Gasteiger partial charge in [-0.15, -0.1) is 0 Å². The molecule has 1 aliphatic rings. The second-order valence-electron chi connectivity index (χ2n) is 3.83. The van der Waals surface area contributed by atoms with Crippen LogP contribution in [0.4, 0.5) is 26.3 Å². The van der Waals surface area contributed by atoms with Crippen molar-refractivity contribution in [2.24, 2.45) is 11.8 Å². The molecule has 1 fully saturated rings. The van der Waals surface area contributed by atoms with E-state index in [1.54, 1.807) is 0 Å². The van der Waals surface area contributed by atoms with Gasteiger partial charge in [-0.05, 0) is 12.8 Å². The van der Waals surface area contributed by atoms with Crippen LogP contribution < -0.4 is 0 Å². The van der Waals surface area contributed by atoms with Crippen LogP contribution in [0.3, 0.4) is 0 Å². The van der Waals surface area contributed by atoms with Crippen LogP contribution in [-0.2, 0) is 9.53 Å². The molecule has 1 saturated heterocycles. The van der Waals surface area contributed by atoms with Gasteiger partial charge in [-0.1, -0.05) is 0 Å². The molecule has 1 atom stereocenters. The number of rotatable bonds is 2. The number of hydrogen-bond acceptors (Lipinski definition) is 2. The molecule has 1 rings (SSSR count). The molecular formula is C9H10F6O2. The second kappa shape index (κ2) is 4.83. The Hall–Kier alpha value is -0.790. The SMILES string of the molecule is O=C(C1CCCOC1)C(C(F)(F)F)C(F)(F)F. The van der Waals surface area contributed by atoms with Gasteiger partial charge in [-0.2, -0.15) is 26.3 Å². The molecule has 0 aromatic heterocycles. The average Bonchev–Trinajstić information content (AvgIpc) is 2.14. The first-order valence-electron chi connectivity index (χ1n) is 4.89. The van der Waals surface area contributed by atoms with Gasteiger partial charge in [0.25, 0.3) is 0 Å². The Labute approximate surface area is 92.9 Å². The Balaban J connectivity index is 2.87. The molecule has 0 N–H and O–H groups in total. The maximum absolute atomic E-state index is 12.2. The molecule has 0 saturated carbocycles. The number of ketones is 1. The van der Waals surface area contributed by atoms with Crippen molar-refractivity contribution in [1.82, 2.24) is 0 Å². The first-order chi connectivity index (χ1) is 7.64. The lowest BCUT2D eigenvalue weighted by Gasteiger charge is -2.27. The van der Waals surface area contributed by atoms with Crippen LogP contribution >= 0.6 is 0 Å². The van der Waals surface area contributed by atoms with E-state index in [0.29, 0.717) is 6.42 Å². The minimum absolute atomic E-state index is 0.00148. The minimum atomic E-state index is -5.60. The lowest BCUT2D eigenvalue weighted by molar-refractivity contribution is -0.275. The zero-order chi connectivity index (χ0) is 13.3. The highest BCUT2D eigenvalue weighted by molar-refractivity contribution is 5.85. The third kappa shape index (κ3) is 3.58. The molecule has 8 heteroatoms. The summed E-state index contributed by atoms with van der Waals surface area (Å²) in [7, 11) is 0. The fourth-order valence-corrected chi connectivity index (χ4v) is 1.71. The van der Waals surface area contributed by atoms with Gasteiger partial charge in [0, 0.05) is 12.5 Å². The second-order valence-corrected chi connectivity index (χ2v) is 3.83. The number of Topliss-reactive ketones (excluding diaryl/α,β-unsaturated/α-hetero) is 1. The maximum atomic E-state index is 12.2. The summed E-state index contributed by atoms with van der Waals surface area (Å²) in [5, 5.41) is 0. The molecule has 0 spiro atoms. The summed E-state index contributed by atoms with van der Waals surface area (Å²) in [6.45, 7) is -0.117. The zero-order valence-electron chi connectivity index (χ0n) is 8.57. The van der Waals surface area contributed by atoms with Crippen LogP contribution in [0.25, 0.3) is 0 Å². The van der Waals surface area contributed by atoms with Crippen LogP contribution in [0.15, 0.2) is 0 Å². The average molecular weight is 264 g/mol. The van der Waals surface area contributed by atoms with Crippen molar-refractivity contribution >= 4 is 5.78 Å². The number of alkyl halides is 6. The van der Waals surface area contributed by atoms with Gasteiger partial charge in [0.2, 0.25) is 5.92 Å². The van der Waals surface area contributed by atoms with E-state index in [4.69, 9.17) is 4.74 Å². The fraction of sp³-hybridized carbons (Fsp3) is 0.889. The van der Waals surface area contributed by atoms with Gasteiger partial charge in [-0.25, -0.2) is 0 Å². The van der Waals surface area contributed by atoms with E-state index >= 15 is 0 Å². The third-order valence-electron chi connectivity index (χ3n) is 2.50. The highest BCUT2D eigenvalue weighted by atomic mass is 19.4. The van der Waals surface area contributed by atoms with Gasteiger partial charge in [0.1, 0.15) is 0 Å². The molecule has 0 radical (unpaired) electrons. The van der Waals surface area contributed by atoms with Crippen LogP contribution in [0, 0.1) is 11.8 Å². The summed E-state index contributed by atoms with van der Waals surface area (Å²) in [6, 6.07) is 0. The maximum Gasteiger partial charge on any atom is 0.407 e. The minimum Gasteiger partial charge on any atom is -0.381 e. The normalized spacial score (nSPS) is 22.9. The smallest absolute Gasteiger partial charge is 0.381 e. The molecule has 17 heavy (non-hydrogen) atoms. The number of halogens is 6. The largest absolute Gasteiger partial charge is 0.407 e. The van der Waals surface area contributed by atoms with Crippen LogP contribution in [0.5, 0.6) is 0 Å². The van der Waals surface area contributed by atoms with Gasteiger partial charge in [-0.3, -0.25) is 4.79 Å². The summed E-state index contributed by atoms with van der Waals surface area (Å²) in [5.74, 6) is -7.07. The molecule has 1 unspecified atom stereocenters. The van der Waals surface area contributed by atoms with Crippen molar-refractivity contribution in [2.45, 2.75) is 25.2 Å². The molecule has 0 bridgehead atoms. The molecule has 100 valence electrons. The first kappa shape index (κ1) is 14.3. The van der Waals surface area contributed by atoms with Crippen molar-refractivity contribution in [2.75, 3.05) is 13.2 Å². The van der Waals surface area contributed by atoms with E-state index in [-0.39, 0.29) is 19.6 Å². The van der Waals surface area contributed by atoms with Gasteiger partial charge in [0.15, 0.2) is 5.78 Å². The molecule has 0 aliphatic carbocycles. The van der Waals surface area contributed by atoms with Crippen molar-refractivity contribution in [3.8, 4) is 0 Å². The Morgan fingerprint density at radius 2 is 1.65 bits per heavy atom. The van der Waals surface area contributed by atoms with Crippen molar-refractivity contribution in [3.63, 3.8) is 0 Å². The summed E-state index contributed by atoms with van der Waals surface area (Å²) >= 11 is 0. The van der Waals surface area contributed by atoms with Gasteiger partial charge < -0.3 is 4.74 Å². The van der Waals surface area contributed by atoms with E-state index in [2.05, 4.69) is 0 Å². The molecule has 0 aromatic carbocycles. The van der Waals surface area contributed by atoms with E-state index in [1.165, 1.54) is 0 Å². The Bertz CT molecular complexity index is 262. The standard InChI is InChI=1S/C9H10F6O2/c10-8(11,12)7(9(13,14)15)6(16)5-2-1-3-17-4-5/h5,7H,1-4H2. The van der Waals surface area contributed by atoms with Crippen molar-refractivity contribution < 1.29 is 35.9 Å². The van der Waals surface area contributed by atoms with Crippen molar-refractivity contribution in [3.05, 3.63) is 0 Å². The predicted octanol–water partition coefficient (Wildman–Crippen LogP) is 2.72. The fourth-order valence-electron chi connectivity index (χ4n) is 1.71. The Morgan fingerprint density at radius 3 is 2.00 bits per heavy atom. The van der Waals surface area contributed by atoms with E-state index in [9.17, 15) is 31.1 Å². The zero-order valence-corrected chi connectivity index (χ0v) is 8.57. The highest BCUT2D eigenvalue weighted by Crippen LogP contribution is 2.41. The lowest BCUT2D eigenvalue weighted by atomic mass is 9.88. The predicted molar refractivity (Wildman–Crippen MR) is 44.2 cm³/mol. The quantitative estimate of drug-likeness (QED) is 0.717. The Kier molecular flexibility index (Phi) is 4.06.